The number of aromatic nitrogens is 3. The Bertz CT molecular complexity index is 640. The van der Waals surface area contributed by atoms with Crippen LogP contribution < -0.4 is 5.73 Å². The number of rotatable bonds is 5. The van der Waals surface area contributed by atoms with Crippen LogP contribution in [0.4, 0.5) is 5.69 Å². The Kier molecular flexibility index (Phi) is 4.23. The van der Waals surface area contributed by atoms with Crippen molar-refractivity contribution in [1.29, 1.82) is 5.41 Å². The number of primary amides is 1. The summed E-state index contributed by atoms with van der Waals surface area (Å²) in [5.41, 5.74) is 6.44. The first kappa shape index (κ1) is 13.5. The summed E-state index contributed by atoms with van der Waals surface area (Å²) in [5.74, 6) is -1.06. The molecule has 2 aromatic rings. The monoisotopic (exact) mass is 268 g/mol. The lowest BCUT2D eigenvalue weighted by Gasteiger charge is -2.06. The van der Waals surface area contributed by atoms with E-state index in [4.69, 9.17) is 11.1 Å². The average molecular weight is 268 g/mol. The number of pyridine rings is 1. The zero-order chi connectivity index (χ0) is 14.4. The van der Waals surface area contributed by atoms with Gasteiger partial charge in [-0.15, -0.1) is 0 Å². The normalized spacial score (nSPS) is 12.2. The Morgan fingerprint density at radius 1 is 1.35 bits per heavy atom. The average Bonchev–Trinajstić information content (AvgIpc) is 2.49. The lowest BCUT2D eigenvalue weighted by atomic mass is 10.1. The molecule has 0 saturated heterocycles. The molecule has 0 spiro atoms. The van der Waals surface area contributed by atoms with Crippen LogP contribution in [0, 0.1) is 5.41 Å². The van der Waals surface area contributed by atoms with Gasteiger partial charge in [0, 0.05) is 12.4 Å². The molecule has 2 aromatic heterocycles. The molecule has 0 aliphatic heterocycles. The summed E-state index contributed by atoms with van der Waals surface area (Å²) in [4.78, 5) is 27.1. The minimum atomic E-state index is -0.607. The van der Waals surface area contributed by atoms with Crippen LogP contribution in [0.3, 0.4) is 0 Å². The standard InChI is InChI=1S/C13H12N6O/c14-4-9(5-18-10-6-16-8-17-7-10)11-2-1-3-12(19-11)13(15)20/h1-9,14H,(H2,15,20). The number of hydrogen-bond acceptors (Lipinski definition) is 6. The molecular formula is C13H12N6O. The van der Waals surface area contributed by atoms with E-state index in [1.54, 1.807) is 30.7 Å². The lowest BCUT2D eigenvalue weighted by Crippen LogP contribution is -2.15. The summed E-state index contributed by atoms with van der Waals surface area (Å²) in [5, 5.41) is 7.44. The fraction of sp³-hybridized carbons (Fsp3) is 0.0769. The zero-order valence-electron chi connectivity index (χ0n) is 10.5. The number of aliphatic imine (C=N–C) groups is 1. The first-order chi connectivity index (χ1) is 9.70. The van der Waals surface area contributed by atoms with Gasteiger partial charge < -0.3 is 11.1 Å². The number of hydrogen-bond donors (Lipinski definition) is 2. The van der Waals surface area contributed by atoms with Crippen molar-refractivity contribution in [3.05, 3.63) is 48.3 Å². The summed E-state index contributed by atoms with van der Waals surface area (Å²) >= 11 is 0. The van der Waals surface area contributed by atoms with Crippen LogP contribution in [0.25, 0.3) is 0 Å². The van der Waals surface area contributed by atoms with E-state index in [0.29, 0.717) is 11.4 Å². The molecule has 1 amide bonds. The molecule has 7 heteroatoms. The van der Waals surface area contributed by atoms with Crippen LogP contribution in [-0.2, 0) is 0 Å². The minimum absolute atomic E-state index is 0.158. The molecule has 2 heterocycles. The Morgan fingerprint density at radius 3 is 2.75 bits per heavy atom. The van der Waals surface area contributed by atoms with Gasteiger partial charge in [0.05, 0.1) is 29.7 Å². The van der Waals surface area contributed by atoms with E-state index in [0.717, 1.165) is 0 Å². The SMILES string of the molecule is N=CC(C=Nc1cncnc1)c1cccc(C(N)=O)n1. The van der Waals surface area contributed by atoms with Crippen molar-refractivity contribution >= 4 is 24.0 Å². The van der Waals surface area contributed by atoms with Gasteiger partial charge in [0.2, 0.25) is 0 Å². The van der Waals surface area contributed by atoms with E-state index in [9.17, 15) is 4.79 Å². The fourth-order valence-electron chi connectivity index (χ4n) is 1.50. The van der Waals surface area contributed by atoms with E-state index >= 15 is 0 Å². The molecule has 0 aliphatic carbocycles. The topological polar surface area (TPSA) is 118 Å². The maximum absolute atomic E-state index is 11.1. The third-order valence-electron chi connectivity index (χ3n) is 2.48. The number of nitrogens with one attached hydrogen (secondary N) is 1. The predicted octanol–water partition coefficient (Wildman–Crippen LogP) is 1.11. The van der Waals surface area contributed by atoms with Crippen LogP contribution in [0.1, 0.15) is 22.1 Å². The number of carbonyl (C=O) groups is 1. The van der Waals surface area contributed by atoms with Gasteiger partial charge in [-0.2, -0.15) is 0 Å². The van der Waals surface area contributed by atoms with Crippen molar-refractivity contribution in [1.82, 2.24) is 15.0 Å². The highest BCUT2D eigenvalue weighted by Crippen LogP contribution is 2.12. The number of nitrogens with zero attached hydrogens (tertiary/aromatic N) is 4. The summed E-state index contributed by atoms with van der Waals surface area (Å²) in [6.45, 7) is 0. The Balaban J connectivity index is 2.24. The van der Waals surface area contributed by atoms with Crippen molar-refractivity contribution in [2.75, 3.05) is 0 Å². The third-order valence-corrected chi connectivity index (χ3v) is 2.48. The Hall–Kier alpha value is -2.96. The first-order valence-electron chi connectivity index (χ1n) is 5.77. The number of nitrogens with two attached hydrogens (primary N) is 1. The summed E-state index contributed by atoms with van der Waals surface area (Å²) in [7, 11) is 0. The Morgan fingerprint density at radius 2 is 2.10 bits per heavy atom. The molecule has 20 heavy (non-hydrogen) atoms. The summed E-state index contributed by atoms with van der Waals surface area (Å²) in [6, 6.07) is 4.89. The van der Waals surface area contributed by atoms with Crippen LogP contribution >= 0.6 is 0 Å². The molecule has 0 aliphatic rings. The largest absolute Gasteiger partial charge is 0.364 e. The van der Waals surface area contributed by atoms with Crippen LogP contribution in [0.2, 0.25) is 0 Å². The van der Waals surface area contributed by atoms with E-state index < -0.39 is 11.8 Å². The van der Waals surface area contributed by atoms with E-state index in [-0.39, 0.29) is 5.69 Å². The van der Waals surface area contributed by atoms with Crippen molar-refractivity contribution in [3.63, 3.8) is 0 Å². The fourth-order valence-corrected chi connectivity index (χ4v) is 1.50. The zero-order valence-corrected chi connectivity index (χ0v) is 10.5. The van der Waals surface area contributed by atoms with Gasteiger partial charge in [0.1, 0.15) is 12.0 Å². The van der Waals surface area contributed by atoms with Gasteiger partial charge in [-0.25, -0.2) is 15.0 Å². The predicted molar refractivity (Wildman–Crippen MR) is 74.5 cm³/mol. The van der Waals surface area contributed by atoms with E-state index in [1.807, 2.05) is 0 Å². The van der Waals surface area contributed by atoms with Crippen LogP contribution in [0.15, 0.2) is 41.9 Å². The van der Waals surface area contributed by atoms with Crippen LogP contribution in [0.5, 0.6) is 0 Å². The quantitative estimate of drug-likeness (QED) is 0.789. The van der Waals surface area contributed by atoms with Gasteiger partial charge in [-0.3, -0.25) is 9.79 Å². The third kappa shape index (κ3) is 3.29. The molecule has 0 bridgehead atoms. The maximum atomic E-state index is 11.1. The highest BCUT2D eigenvalue weighted by molar-refractivity contribution is 5.92. The van der Waals surface area contributed by atoms with Crippen molar-refractivity contribution in [3.8, 4) is 0 Å². The molecule has 0 fully saturated rings. The molecule has 0 aromatic carbocycles. The second-order valence-corrected chi connectivity index (χ2v) is 3.88. The molecule has 3 N–H and O–H groups in total. The van der Waals surface area contributed by atoms with E-state index in [2.05, 4.69) is 19.9 Å². The van der Waals surface area contributed by atoms with Crippen molar-refractivity contribution in [2.24, 2.45) is 10.7 Å². The molecule has 1 unspecified atom stereocenters. The lowest BCUT2D eigenvalue weighted by molar-refractivity contribution is 0.0995. The highest BCUT2D eigenvalue weighted by atomic mass is 16.1. The molecule has 2 rings (SSSR count). The highest BCUT2D eigenvalue weighted by Gasteiger charge is 2.10. The molecule has 1 atom stereocenters. The number of carbonyl (C=O) groups excluding carboxylic acids is 1. The molecule has 7 nitrogen and oxygen atoms in total. The number of amides is 1. The second kappa shape index (κ2) is 6.28. The Labute approximate surface area is 115 Å². The smallest absolute Gasteiger partial charge is 0.267 e. The second-order valence-electron chi connectivity index (χ2n) is 3.88. The van der Waals surface area contributed by atoms with Crippen molar-refractivity contribution in [2.45, 2.75) is 5.92 Å². The summed E-state index contributed by atoms with van der Waals surface area (Å²) in [6.07, 6.45) is 7.24. The van der Waals surface area contributed by atoms with Crippen LogP contribution in [-0.4, -0.2) is 33.3 Å². The van der Waals surface area contributed by atoms with Gasteiger partial charge in [-0.05, 0) is 12.1 Å². The minimum Gasteiger partial charge on any atom is -0.364 e. The van der Waals surface area contributed by atoms with Gasteiger partial charge in [-0.1, -0.05) is 6.07 Å². The maximum Gasteiger partial charge on any atom is 0.267 e. The van der Waals surface area contributed by atoms with Crippen molar-refractivity contribution < 1.29 is 4.79 Å². The van der Waals surface area contributed by atoms with Gasteiger partial charge >= 0.3 is 0 Å². The molecular weight excluding hydrogens is 256 g/mol. The van der Waals surface area contributed by atoms with Gasteiger partial charge in [0.25, 0.3) is 5.91 Å². The van der Waals surface area contributed by atoms with E-state index in [1.165, 1.54) is 18.6 Å². The van der Waals surface area contributed by atoms with Gasteiger partial charge in [0.15, 0.2) is 0 Å². The first-order valence-corrected chi connectivity index (χ1v) is 5.77. The molecule has 0 radical (unpaired) electrons. The molecule has 100 valence electrons. The molecule has 0 saturated carbocycles. The summed E-state index contributed by atoms with van der Waals surface area (Å²) < 4.78 is 0.